The van der Waals surface area contributed by atoms with Crippen molar-refractivity contribution in [1.29, 1.82) is 0 Å². The van der Waals surface area contributed by atoms with E-state index in [2.05, 4.69) is 20.8 Å². The first-order chi connectivity index (χ1) is 13.4. The minimum atomic E-state index is -0.403. The highest BCUT2D eigenvalue weighted by atomic mass is 16.6. The summed E-state index contributed by atoms with van der Waals surface area (Å²) in [6.45, 7) is 4.12. The fourth-order valence-corrected chi connectivity index (χ4v) is 5.60. The SMILES string of the molecule is CC(C)c1noc(COC(=O)CCNC(=O)NC23CC4CC(CC(C4)C2)C3)n1. The Morgan fingerprint density at radius 2 is 1.82 bits per heavy atom. The van der Waals surface area contributed by atoms with E-state index in [0.717, 1.165) is 37.0 Å². The lowest BCUT2D eigenvalue weighted by atomic mass is 9.53. The van der Waals surface area contributed by atoms with E-state index in [9.17, 15) is 9.59 Å². The Labute approximate surface area is 165 Å². The molecule has 1 aromatic rings. The minimum absolute atomic E-state index is 0.0224. The minimum Gasteiger partial charge on any atom is -0.456 e. The zero-order valence-electron chi connectivity index (χ0n) is 16.7. The molecule has 4 bridgehead atoms. The summed E-state index contributed by atoms with van der Waals surface area (Å²) in [5.74, 6) is 2.97. The predicted molar refractivity (Wildman–Crippen MR) is 100 cm³/mol. The summed E-state index contributed by atoms with van der Waals surface area (Å²) in [4.78, 5) is 28.4. The van der Waals surface area contributed by atoms with Crippen molar-refractivity contribution in [2.24, 2.45) is 17.8 Å². The number of urea groups is 1. The second kappa shape index (κ2) is 7.72. The van der Waals surface area contributed by atoms with Crippen LogP contribution in [0.5, 0.6) is 0 Å². The number of rotatable bonds is 7. The number of nitrogens with one attached hydrogen (secondary N) is 2. The van der Waals surface area contributed by atoms with Crippen molar-refractivity contribution in [3.63, 3.8) is 0 Å². The van der Waals surface area contributed by atoms with Gasteiger partial charge in [0.1, 0.15) is 0 Å². The zero-order valence-corrected chi connectivity index (χ0v) is 16.7. The lowest BCUT2D eigenvalue weighted by Crippen LogP contribution is -2.61. The number of carbonyl (C=O) groups is 2. The fraction of sp³-hybridized carbons (Fsp3) is 0.800. The third kappa shape index (κ3) is 4.31. The number of esters is 1. The van der Waals surface area contributed by atoms with Gasteiger partial charge in [0.2, 0.25) is 0 Å². The molecule has 0 atom stereocenters. The topological polar surface area (TPSA) is 106 Å². The molecule has 4 aliphatic carbocycles. The van der Waals surface area contributed by atoms with Crippen LogP contribution in [0, 0.1) is 17.8 Å². The molecule has 2 amide bonds. The Bertz CT molecular complexity index is 694. The maximum absolute atomic E-state index is 12.3. The molecule has 4 aliphatic rings. The van der Waals surface area contributed by atoms with Crippen LogP contribution in [0.1, 0.15) is 76.4 Å². The Hall–Kier alpha value is -2.12. The van der Waals surface area contributed by atoms with Crippen molar-refractivity contribution in [3.05, 3.63) is 11.7 Å². The van der Waals surface area contributed by atoms with Crippen LogP contribution in [-0.2, 0) is 16.1 Å². The van der Waals surface area contributed by atoms with Crippen LogP contribution >= 0.6 is 0 Å². The fourth-order valence-electron chi connectivity index (χ4n) is 5.60. The van der Waals surface area contributed by atoms with Crippen molar-refractivity contribution in [2.45, 2.75) is 76.9 Å². The lowest BCUT2D eigenvalue weighted by molar-refractivity contribution is -0.145. The molecule has 0 aliphatic heterocycles. The third-order valence-electron chi connectivity index (χ3n) is 6.39. The second-order valence-corrected chi connectivity index (χ2v) is 9.19. The van der Waals surface area contributed by atoms with Gasteiger partial charge in [0.05, 0.1) is 6.42 Å². The highest BCUT2D eigenvalue weighted by Gasteiger charge is 2.51. The summed E-state index contributed by atoms with van der Waals surface area (Å²) < 4.78 is 10.2. The molecule has 0 radical (unpaired) electrons. The van der Waals surface area contributed by atoms with Crippen LogP contribution in [-0.4, -0.2) is 34.2 Å². The lowest BCUT2D eigenvalue weighted by Gasteiger charge is -2.56. The molecule has 8 nitrogen and oxygen atoms in total. The molecule has 0 saturated heterocycles. The van der Waals surface area contributed by atoms with Gasteiger partial charge in [0.25, 0.3) is 5.89 Å². The summed E-state index contributed by atoms with van der Waals surface area (Å²) in [6, 6.07) is -0.173. The molecule has 4 saturated carbocycles. The van der Waals surface area contributed by atoms with Gasteiger partial charge in [-0.25, -0.2) is 4.79 Å². The highest BCUT2D eigenvalue weighted by Crippen LogP contribution is 2.55. The van der Waals surface area contributed by atoms with Gasteiger partial charge in [0, 0.05) is 18.0 Å². The van der Waals surface area contributed by atoms with Gasteiger partial charge in [-0.15, -0.1) is 0 Å². The van der Waals surface area contributed by atoms with Crippen molar-refractivity contribution in [2.75, 3.05) is 6.54 Å². The normalized spacial score (nSPS) is 30.5. The van der Waals surface area contributed by atoms with Crippen LogP contribution in [0.25, 0.3) is 0 Å². The molecule has 0 unspecified atom stereocenters. The highest BCUT2D eigenvalue weighted by molar-refractivity contribution is 5.76. The van der Waals surface area contributed by atoms with Crippen molar-refractivity contribution >= 4 is 12.0 Å². The standard InChI is InChI=1S/C20H30N4O4/c1-12(2)18-22-16(28-24-18)11-27-17(25)3-4-21-19(26)23-20-8-13-5-14(9-20)7-15(6-13)10-20/h12-15H,3-11H2,1-2H3,(H2,21,23,26). The Balaban J connectivity index is 1.16. The summed E-state index contributed by atoms with van der Waals surface area (Å²) in [7, 11) is 0. The summed E-state index contributed by atoms with van der Waals surface area (Å²) in [5, 5.41) is 9.86. The van der Waals surface area contributed by atoms with Gasteiger partial charge >= 0.3 is 12.0 Å². The summed E-state index contributed by atoms with van der Waals surface area (Å²) in [5.41, 5.74) is -0.0224. The van der Waals surface area contributed by atoms with E-state index in [-0.39, 0.29) is 43.0 Å². The van der Waals surface area contributed by atoms with Gasteiger partial charge < -0.3 is 19.9 Å². The van der Waals surface area contributed by atoms with Crippen LogP contribution < -0.4 is 10.6 Å². The van der Waals surface area contributed by atoms with E-state index < -0.39 is 5.97 Å². The zero-order chi connectivity index (χ0) is 19.7. The first-order valence-corrected chi connectivity index (χ1v) is 10.4. The molecular formula is C20H30N4O4. The molecule has 4 fully saturated rings. The molecule has 154 valence electrons. The van der Waals surface area contributed by atoms with Gasteiger partial charge in [-0.1, -0.05) is 19.0 Å². The van der Waals surface area contributed by atoms with Crippen LogP contribution in [0.2, 0.25) is 0 Å². The van der Waals surface area contributed by atoms with Crippen molar-refractivity contribution in [1.82, 2.24) is 20.8 Å². The third-order valence-corrected chi connectivity index (χ3v) is 6.39. The summed E-state index contributed by atoms with van der Waals surface area (Å²) in [6.07, 6.45) is 7.46. The molecule has 28 heavy (non-hydrogen) atoms. The molecule has 0 aromatic carbocycles. The number of hydrogen-bond acceptors (Lipinski definition) is 6. The van der Waals surface area contributed by atoms with Gasteiger partial charge in [-0.2, -0.15) is 4.98 Å². The van der Waals surface area contributed by atoms with Crippen molar-refractivity contribution in [3.8, 4) is 0 Å². The maximum Gasteiger partial charge on any atom is 0.315 e. The molecule has 8 heteroatoms. The molecule has 2 N–H and O–H groups in total. The number of aromatic nitrogens is 2. The molecule has 5 rings (SSSR count). The quantitative estimate of drug-likeness (QED) is 0.694. The van der Waals surface area contributed by atoms with E-state index in [4.69, 9.17) is 9.26 Å². The largest absolute Gasteiger partial charge is 0.456 e. The van der Waals surface area contributed by atoms with Crippen LogP contribution in [0.4, 0.5) is 4.79 Å². The molecule has 1 aromatic heterocycles. The van der Waals surface area contributed by atoms with E-state index in [0.29, 0.717) is 5.82 Å². The average Bonchev–Trinajstić information content (AvgIpc) is 3.07. The Morgan fingerprint density at radius 1 is 1.18 bits per heavy atom. The first-order valence-electron chi connectivity index (χ1n) is 10.4. The van der Waals surface area contributed by atoms with Crippen LogP contribution in [0.3, 0.4) is 0 Å². The Kier molecular flexibility index (Phi) is 5.29. The van der Waals surface area contributed by atoms with E-state index >= 15 is 0 Å². The molecule has 0 spiro atoms. The summed E-state index contributed by atoms with van der Waals surface area (Å²) >= 11 is 0. The Morgan fingerprint density at radius 3 is 2.39 bits per heavy atom. The average molecular weight is 390 g/mol. The van der Waals surface area contributed by atoms with Gasteiger partial charge in [-0.05, 0) is 56.3 Å². The molecular weight excluding hydrogens is 360 g/mol. The van der Waals surface area contributed by atoms with E-state index in [1.807, 2.05) is 13.8 Å². The van der Waals surface area contributed by atoms with Gasteiger partial charge in [0.15, 0.2) is 12.4 Å². The van der Waals surface area contributed by atoms with Crippen LogP contribution in [0.15, 0.2) is 4.52 Å². The number of carbonyl (C=O) groups excluding carboxylic acids is 2. The number of nitrogens with zero attached hydrogens (tertiary/aromatic N) is 2. The van der Waals surface area contributed by atoms with Crippen molar-refractivity contribution < 1.29 is 18.8 Å². The number of ether oxygens (including phenoxy) is 1. The molecule has 1 heterocycles. The monoisotopic (exact) mass is 390 g/mol. The van der Waals surface area contributed by atoms with E-state index in [1.165, 1.54) is 19.3 Å². The van der Waals surface area contributed by atoms with E-state index in [1.54, 1.807) is 0 Å². The second-order valence-electron chi connectivity index (χ2n) is 9.19. The first kappa shape index (κ1) is 19.2. The number of hydrogen-bond donors (Lipinski definition) is 2. The maximum atomic E-state index is 12.3. The number of amides is 2. The smallest absolute Gasteiger partial charge is 0.315 e. The predicted octanol–water partition coefficient (Wildman–Crippen LogP) is 2.89. The van der Waals surface area contributed by atoms with Gasteiger partial charge in [-0.3, -0.25) is 4.79 Å².